The second-order valence-corrected chi connectivity index (χ2v) is 2.53. The zero-order valence-electron chi connectivity index (χ0n) is 6.78. The lowest BCUT2D eigenvalue weighted by Crippen LogP contribution is -2.04. The lowest BCUT2D eigenvalue weighted by atomic mass is 10.1. The van der Waals surface area contributed by atoms with Crippen molar-refractivity contribution in [2.24, 2.45) is 0 Å². The molecule has 0 fully saturated rings. The molecule has 0 aliphatic heterocycles. The Morgan fingerprint density at radius 1 is 1.21 bits per heavy atom. The van der Waals surface area contributed by atoms with Gasteiger partial charge < -0.3 is 0 Å². The monoisotopic (exact) mass is 204 g/mol. The van der Waals surface area contributed by atoms with Crippen molar-refractivity contribution in [3.8, 4) is 0 Å². The molecule has 0 atom stereocenters. The lowest BCUT2D eigenvalue weighted by molar-refractivity contribution is -0.429. The molecule has 0 unspecified atom stereocenters. The van der Waals surface area contributed by atoms with Crippen LogP contribution in [0.3, 0.4) is 0 Å². The summed E-state index contributed by atoms with van der Waals surface area (Å²) in [5.74, 6) is 0. The molecule has 0 N–H and O–H groups in total. The first-order valence-electron chi connectivity index (χ1n) is 3.55. The summed E-state index contributed by atoms with van der Waals surface area (Å²) in [4.78, 5) is 9.26. The summed E-state index contributed by atoms with van der Waals surface area (Å²) >= 11 is 0. The Morgan fingerprint density at radius 2 is 1.71 bits per heavy atom. The summed E-state index contributed by atoms with van der Waals surface area (Å²) < 4.78 is 36.1. The summed E-state index contributed by atoms with van der Waals surface area (Å²) in [5, 5.41) is 9.98. The molecular formula is C8H5F3NO2-. The first-order valence-corrected chi connectivity index (χ1v) is 3.55. The predicted octanol–water partition coefficient (Wildman–Crippen LogP) is 2.49. The third-order valence-electron chi connectivity index (χ3n) is 1.49. The Morgan fingerprint density at radius 3 is 2.07 bits per heavy atom. The van der Waals surface area contributed by atoms with Crippen molar-refractivity contribution in [1.29, 1.82) is 0 Å². The molecule has 1 aromatic rings. The van der Waals surface area contributed by atoms with Gasteiger partial charge in [-0.2, -0.15) is 25.3 Å². The van der Waals surface area contributed by atoms with Crippen LogP contribution >= 0.6 is 0 Å². The zero-order valence-corrected chi connectivity index (χ0v) is 6.78. The van der Waals surface area contributed by atoms with E-state index in [0.717, 1.165) is 24.3 Å². The number of rotatable bonds is 2. The van der Waals surface area contributed by atoms with Crippen LogP contribution in [0.25, 0.3) is 0 Å². The minimum atomic E-state index is -4.41. The molecule has 0 saturated heterocycles. The summed E-state index contributed by atoms with van der Waals surface area (Å²) in [7, 11) is 0. The molecular weight excluding hydrogens is 199 g/mol. The molecule has 1 rings (SSSR count). The van der Waals surface area contributed by atoms with Crippen LogP contribution in [0.4, 0.5) is 13.2 Å². The fourth-order valence-corrected chi connectivity index (χ4v) is 0.880. The largest absolute Gasteiger partial charge is 0.414 e. The first-order chi connectivity index (χ1) is 6.39. The fourth-order valence-electron chi connectivity index (χ4n) is 0.880. The van der Waals surface area contributed by atoms with E-state index in [2.05, 4.69) is 0 Å². The van der Waals surface area contributed by atoms with Gasteiger partial charge in [0.2, 0.25) is 0 Å². The van der Waals surface area contributed by atoms with E-state index in [1.54, 1.807) is 0 Å². The Labute approximate surface area is 77.3 Å². The van der Waals surface area contributed by atoms with Crippen molar-refractivity contribution in [3.05, 3.63) is 52.1 Å². The maximum Gasteiger partial charge on any atom is 0.414 e. The molecule has 0 heterocycles. The van der Waals surface area contributed by atoms with Crippen LogP contribution < -0.4 is 0 Å². The van der Waals surface area contributed by atoms with Gasteiger partial charge in [0.25, 0.3) is 0 Å². The maximum absolute atomic E-state index is 12.0. The van der Waals surface area contributed by atoms with E-state index in [4.69, 9.17) is 0 Å². The van der Waals surface area contributed by atoms with Gasteiger partial charge in [-0.15, -0.1) is 17.7 Å². The molecule has 3 nitrogen and oxygen atoms in total. The fraction of sp³-hybridized carbons (Fsp3) is 0.125. The molecule has 6 heteroatoms. The quantitative estimate of drug-likeness (QED) is 0.422. The van der Waals surface area contributed by atoms with Gasteiger partial charge in [0, 0.05) is 5.56 Å². The Hall–Kier alpha value is -1.72. The SMILES string of the molecule is O=[N+]([O-])[CH-]c1ccc(C(F)(F)F)cc1. The van der Waals surface area contributed by atoms with Crippen molar-refractivity contribution < 1.29 is 18.1 Å². The number of halogens is 3. The predicted molar refractivity (Wildman–Crippen MR) is 41.8 cm³/mol. The van der Waals surface area contributed by atoms with Crippen molar-refractivity contribution in [3.63, 3.8) is 0 Å². The molecule has 0 saturated carbocycles. The highest BCUT2D eigenvalue weighted by Crippen LogP contribution is 2.29. The number of hydrogen-bond donors (Lipinski definition) is 0. The highest BCUT2D eigenvalue weighted by Gasteiger charge is 2.28. The van der Waals surface area contributed by atoms with Crippen LogP contribution in [-0.4, -0.2) is 4.92 Å². The third kappa shape index (κ3) is 2.65. The summed E-state index contributed by atoms with van der Waals surface area (Å²) in [6.45, 7) is 0.639. The number of alkyl halides is 3. The van der Waals surface area contributed by atoms with Crippen LogP contribution in [-0.2, 0) is 6.18 Å². The van der Waals surface area contributed by atoms with Crippen LogP contribution in [0.15, 0.2) is 24.3 Å². The standard InChI is InChI=1S/C8H5F3NO2/c9-8(10,11)7-3-1-6(2-4-7)5-12(13)14/h1-5H/q-1. The molecule has 76 valence electrons. The molecule has 0 aliphatic carbocycles. The van der Waals surface area contributed by atoms with Gasteiger partial charge in [-0.3, -0.25) is 10.1 Å². The third-order valence-corrected chi connectivity index (χ3v) is 1.49. The van der Waals surface area contributed by atoms with Crippen molar-refractivity contribution in [2.75, 3.05) is 0 Å². The molecule has 0 radical (unpaired) electrons. The normalized spacial score (nSPS) is 11.1. The minimum absolute atomic E-state index is 0.128. The van der Waals surface area contributed by atoms with Crippen molar-refractivity contribution in [1.82, 2.24) is 0 Å². The van der Waals surface area contributed by atoms with Crippen LogP contribution in [0.5, 0.6) is 0 Å². The second kappa shape index (κ2) is 3.57. The number of hydrogen-bond acceptors (Lipinski definition) is 2. The molecule has 0 amide bonds. The zero-order chi connectivity index (χ0) is 10.8. The minimum Gasteiger partial charge on any atom is -0.271 e. The van der Waals surface area contributed by atoms with Crippen molar-refractivity contribution >= 4 is 0 Å². The van der Waals surface area contributed by atoms with Gasteiger partial charge in [-0.05, 0) is 4.92 Å². The van der Waals surface area contributed by atoms with Crippen molar-refractivity contribution in [2.45, 2.75) is 6.18 Å². The van der Waals surface area contributed by atoms with E-state index in [1.807, 2.05) is 0 Å². The molecule has 0 aliphatic rings. The van der Waals surface area contributed by atoms with Gasteiger partial charge in [-0.1, -0.05) is 0 Å². The smallest absolute Gasteiger partial charge is 0.271 e. The average Bonchev–Trinajstić information content (AvgIpc) is 2.02. The number of nitro groups is 1. The molecule has 0 bridgehead atoms. The highest BCUT2D eigenvalue weighted by molar-refractivity contribution is 5.27. The molecule has 0 aromatic heterocycles. The number of nitrogens with zero attached hydrogens (tertiary/aromatic N) is 1. The second-order valence-electron chi connectivity index (χ2n) is 2.53. The van der Waals surface area contributed by atoms with E-state index < -0.39 is 16.7 Å². The Balaban J connectivity index is 2.84. The van der Waals surface area contributed by atoms with E-state index in [1.165, 1.54) is 0 Å². The summed E-state index contributed by atoms with van der Waals surface area (Å²) in [6.07, 6.45) is -4.41. The Bertz CT molecular complexity index is 331. The van der Waals surface area contributed by atoms with Gasteiger partial charge in [0.05, 0.1) is 0 Å². The van der Waals surface area contributed by atoms with E-state index >= 15 is 0 Å². The van der Waals surface area contributed by atoms with Crippen LogP contribution in [0, 0.1) is 16.7 Å². The molecule has 1 aromatic carbocycles. The molecule has 0 spiro atoms. The number of benzene rings is 1. The summed E-state index contributed by atoms with van der Waals surface area (Å²) in [6, 6.07) is 3.70. The Kier molecular flexibility index (Phi) is 2.64. The van der Waals surface area contributed by atoms with Gasteiger partial charge >= 0.3 is 6.18 Å². The van der Waals surface area contributed by atoms with Gasteiger partial charge in [0.15, 0.2) is 0 Å². The van der Waals surface area contributed by atoms with Gasteiger partial charge in [0.1, 0.15) is 6.54 Å². The summed E-state index contributed by atoms with van der Waals surface area (Å²) in [5.41, 5.74) is -0.694. The first kappa shape index (κ1) is 10.4. The molecule has 14 heavy (non-hydrogen) atoms. The van der Waals surface area contributed by atoms with E-state index in [9.17, 15) is 23.3 Å². The van der Waals surface area contributed by atoms with Crippen LogP contribution in [0.2, 0.25) is 0 Å². The topological polar surface area (TPSA) is 43.1 Å². The van der Waals surface area contributed by atoms with E-state index in [0.29, 0.717) is 6.54 Å². The maximum atomic E-state index is 12.0. The van der Waals surface area contributed by atoms with Gasteiger partial charge in [-0.25, -0.2) is 0 Å². The highest BCUT2D eigenvalue weighted by atomic mass is 19.4. The van der Waals surface area contributed by atoms with E-state index in [-0.39, 0.29) is 5.56 Å². The van der Waals surface area contributed by atoms with Crippen LogP contribution in [0.1, 0.15) is 11.1 Å². The average molecular weight is 204 g/mol. The lowest BCUT2D eigenvalue weighted by Gasteiger charge is -2.09.